The van der Waals surface area contributed by atoms with Crippen LogP contribution in [0.15, 0.2) is 53.4 Å². The molecule has 1 unspecified atom stereocenters. The first-order valence-corrected chi connectivity index (χ1v) is 7.37. The van der Waals surface area contributed by atoms with Gasteiger partial charge in [-0.05, 0) is 29.5 Å². The zero-order valence-electron chi connectivity index (χ0n) is 10.1. The van der Waals surface area contributed by atoms with Crippen LogP contribution >= 0.6 is 23.4 Å². The molecular weight excluding hydrogens is 264 g/mol. The molecule has 0 radical (unpaired) electrons. The Bertz CT molecular complexity index is 527. The Morgan fingerprint density at radius 2 is 1.78 bits per heavy atom. The standard InChI is InChI=1S/C15H15ClOS/c1-18-15-9-5-3-7-12(15)14(17)10-11-6-2-4-8-13(11)16/h2-9,14,17H,10H2,1H3. The van der Waals surface area contributed by atoms with Gasteiger partial charge in [0.15, 0.2) is 0 Å². The Balaban J connectivity index is 2.22. The number of hydrogen-bond acceptors (Lipinski definition) is 2. The molecule has 0 heterocycles. The lowest BCUT2D eigenvalue weighted by Crippen LogP contribution is -2.03. The molecule has 94 valence electrons. The summed E-state index contributed by atoms with van der Waals surface area (Å²) in [6.07, 6.45) is 2.03. The van der Waals surface area contributed by atoms with Gasteiger partial charge in [-0.1, -0.05) is 48.0 Å². The fourth-order valence-electron chi connectivity index (χ4n) is 1.92. The Kier molecular flexibility index (Phi) is 4.70. The number of rotatable bonds is 4. The van der Waals surface area contributed by atoms with Gasteiger partial charge >= 0.3 is 0 Å². The lowest BCUT2D eigenvalue weighted by molar-refractivity contribution is 0.175. The van der Waals surface area contributed by atoms with E-state index >= 15 is 0 Å². The van der Waals surface area contributed by atoms with E-state index in [0.29, 0.717) is 11.4 Å². The quantitative estimate of drug-likeness (QED) is 0.840. The number of thioether (sulfide) groups is 1. The van der Waals surface area contributed by atoms with Crippen LogP contribution in [0.3, 0.4) is 0 Å². The normalized spacial score (nSPS) is 12.4. The van der Waals surface area contributed by atoms with E-state index in [9.17, 15) is 5.11 Å². The van der Waals surface area contributed by atoms with Gasteiger partial charge in [0, 0.05) is 16.3 Å². The summed E-state index contributed by atoms with van der Waals surface area (Å²) in [5, 5.41) is 11.0. The zero-order chi connectivity index (χ0) is 13.0. The van der Waals surface area contributed by atoms with Crippen LogP contribution < -0.4 is 0 Å². The van der Waals surface area contributed by atoms with Crippen molar-refractivity contribution in [2.24, 2.45) is 0 Å². The second kappa shape index (κ2) is 6.28. The van der Waals surface area contributed by atoms with Crippen LogP contribution in [0.1, 0.15) is 17.2 Å². The van der Waals surface area contributed by atoms with Gasteiger partial charge in [-0.25, -0.2) is 0 Å². The second-order valence-electron chi connectivity index (χ2n) is 4.05. The number of benzene rings is 2. The molecule has 0 bridgehead atoms. The summed E-state index contributed by atoms with van der Waals surface area (Å²) >= 11 is 7.76. The lowest BCUT2D eigenvalue weighted by Gasteiger charge is -2.15. The molecule has 1 nitrogen and oxygen atoms in total. The zero-order valence-corrected chi connectivity index (χ0v) is 11.7. The molecule has 18 heavy (non-hydrogen) atoms. The molecule has 0 aliphatic carbocycles. The Morgan fingerprint density at radius 3 is 2.50 bits per heavy atom. The Morgan fingerprint density at radius 1 is 1.11 bits per heavy atom. The van der Waals surface area contributed by atoms with Crippen molar-refractivity contribution in [1.29, 1.82) is 0 Å². The van der Waals surface area contributed by atoms with Gasteiger partial charge in [-0.3, -0.25) is 0 Å². The molecule has 2 rings (SSSR count). The molecule has 1 atom stereocenters. The van der Waals surface area contributed by atoms with Gasteiger partial charge < -0.3 is 5.11 Å². The third-order valence-corrected chi connectivity index (χ3v) is 4.05. The molecule has 1 N–H and O–H groups in total. The third-order valence-electron chi connectivity index (χ3n) is 2.87. The molecule has 0 amide bonds. The van der Waals surface area contributed by atoms with Gasteiger partial charge in [0.1, 0.15) is 0 Å². The summed E-state index contributed by atoms with van der Waals surface area (Å²) in [6, 6.07) is 15.6. The fraction of sp³-hybridized carbons (Fsp3) is 0.200. The summed E-state index contributed by atoms with van der Waals surface area (Å²) in [5.74, 6) is 0. The van der Waals surface area contributed by atoms with E-state index in [1.165, 1.54) is 0 Å². The minimum Gasteiger partial charge on any atom is -0.388 e. The number of hydrogen-bond donors (Lipinski definition) is 1. The molecule has 0 aliphatic heterocycles. The molecule has 0 spiro atoms. The highest BCUT2D eigenvalue weighted by atomic mass is 35.5. The minimum atomic E-state index is -0.520. The van der Waals surface area contributed by atoms with E-state index in [1.54, 1.807) is 11.8 Å². The Labute approximate surface area is 117 Å². The van der Waals surface area contributed by atoms with Crippen molar-refractivity contribution < 1.29 is 5.11 Å². The maximum absolute atomic E-state index is 10.3. The molecule has 2 aromatic carbocycles. The largest absolute Gasteiger partial charge is 0.388 e. The van der Waals surface area contributed by atoms with E-state index in [0.717, 1.165) is 16.0 Å². The highest BCUT2D eigenvalue weighted by molar-refractivity contribution is 7.98. The fourth-order valence-corrected chi connectivity index (χ4v) is 2.79. The second-order valence-corrected chi connectivity index (χ2v) is 5.31. The van der Waals surface area contributed by atoms with Crippen LogP contribution in [-0.4, -0.2) is 11.4 Å². The summed E-state index contributed by atoms with van der Waals surface area (Å²) in [6.45, 7) is 0. The first-order chi connectivity index (χ1) is 8.72. The smallest absolute Gasteiger partial charge is 0.0841 e. The van der Waals surface area contributed by atoms with Gasteiger partial charge in [0.25, 0.3) is 0 Å². The predicted octanol–water partition coefficient (Wildman–Crippen LogP) is 4.34. The van der Waals surface area contributed by atoms with E-state index in [-0.39, 0.29) is 0 Å². The number of aliphatic hydroxyl groups excluding tert-OH is 1. The maximum atomic E-state index is 10.3. The predicted molar refractivity (Wildman–Crippen MR) is 78.3 cm³/mol. The van der Waals surface area contributed by atoms with Crippen LogP contribution in [0, 0.1) is 0 Å². The van der Waals surface area contributed by atoms with Crippen LogP contribution in [0.2, 0.25) is 5.02 Å². The SMILES string of the molecule is CSc1ccccc1C(O)Cc1ccccc1Cl. The average molecular weight is 279 g/mol. The van der Waals surface area contributed by atoms with Crippen molar-refractivity contribution in [2.45, 2.75) is 17.4 Å². The minimum absolute atomic E-state index is 0.520. The van der Waals surface area contributed by atoms with Gasteiger partial charge in [0.2, 0.25) is 0 Å². The monoisotopic (exact) mass is 278 g/mol. The molecule has 0 saturated heterocycles. The summed E-state index contributed by atoms with van der Waals surface area (Å²) in [7, 11) is 0. The van der Waals surface area contributed by atoms with Crippen molar-refractivity contribution in [2.75, 3.05) is 6.26 Å². The molecule has 0 saturated carbocycles. The molecule has 0 fully saturated rings. The molecular formula is C15H15ClOS. The van der Waals surface area contributed by atoms with Crippen LogP contribution in [-0.2, 0) is 6.42 Å². The van der Waals surface area contributed by atoms with E-state index in [2.05, 4.69) is 0 Å². The summed E-state index contributed by atoms with van der Waals surface area (Å²) in [5.41, 5.74) is 1.94. The van der Waals surface area contributed by atoms with Crippen molar-refractivity contribution in [1.82, 2.24) is 0 Å². The van der Waals surface area contributed by atoms with E-state index in [1.807, 2.05) is 54.8 Å². The van der Waals surface area contributed by atoms with Crippen molar-refractivity contribution in [3.63, 3.8) is 0 Å². The van der Waals surface area contributed by atoms with Crippen molar-refractivity contribution >= 4 is 23.4 Å². The topological polar surface area (TPSA) is 20.2 Å². The summed E-state index contributed by atoms with van der Waals surface area (Å²) < 4.78 is 0. The van der Waals surface area contributed by atoms with Crippen molar-refractivity contribution in [3.05, 3.63) is 64.7 Å². The number of halogens is 1. The third kappa shape index (κ3) is 3.08. The lowest BCUT2D eigenvalue weighted by atomic mass is 10.0. The van der Waals surface area contributed by atoms with Crippen molar-refractivity contribution in [3.8, 4) is 0 Å². The number of aliphatic hydroxyl groups is 1. The molecule has 0 aliphatic rings. The average Bonchev–Trinajstić information content (AvgIpc) is 2.41. The Hall–Kier alpha value is -0.960. The van der Waals surface area contributed by atoms with Crippen LogP contribution in [0.25, 0.3) is 0 Å². The first-order valence-electron chi connectivity index (χ1n) is 5.76. The van der Waals surface area contributed by atoms with Gasteiger partial charge in [-0.2, -0.15) is 0 Å². The maximum Gasteiger partial charge on any atom is 0.0841 e. The van der Waals surface area contributed by atoms with Gasteiger partial charge in [-0.15, -0.1) is 11.8 Å². The van der Waals surface area contributed by atoms with Crippen LogP contribution in [0.5, 0.6) is 0 Å². The van der Waals surface area contributed by atoms with E-state index < -0.39 is 6.10 Å². The van der Waals surface area contributed by atoms with Gasteiger partial charge in [0.05, 0.1) is 6.10 Å². The van der Waals surface area contributed by atoms with E-state index in [4.69, 9.17) is 11.6 Å². The molecule has 3 heteroatoms. The first kappa shape index (κ1) is 13.5. The molecule has 0 aromatic heterocycles. The molecule has 2 aromatic rings. The van der Waals surface area contributed by atoms with Crippen LogP contribution in [0.4, 0.5) is 0 Å². The highest BCUT2D eigenvalue weighted by Crippen LogP contribution is 2.29. The highest BCUT2D eigenvalue weighted by Gasteiger charge is 2.13. The summed E-state index contributed by atoms with van der Waals surface area (Å²) in [4.78, 5) is 1.11.